The third-order valence-corrected chi connectivity index (χ3v) is 3.64. The van der Waals surface area contributed by atoms with Crippen molar-refractivity contribution in [3.8, 4) is 0 Å². The predicted molar refractivity (Wildman–Crippen MR) is 83.0 cm³/mol. The Morgan fingerprint density at radius 3 is 2.21 bits per heavy atom. The van der Waals surface area contributed by atoms with Crippen molar-refractivity contribution in [2.24, 2.45) is 4.99 Å². The lowest BCUT2D eigenvalue weighted by atomic mass is 9.86. The number of nitrogens with zero attached hydrogens (tertiary/aromatic N) is 1. The van der Waals surface area contributed by atoms with Gasteiger partial charge in [0, 0.05) is 11.1 Å². The highest BCUT2D eigenvalue weighted by atomic mass is 15.1. The fourth-order valence-corrected chi connectivity index (χ4v) is 2.68. The van der Waals surface area contributed by atoms with Gasteiger partial charge in [-0.2, -0.15) is 0 Å². The molecule has 1 atom stereocenters. The van der Waals surface area contributed by atoms with E-state index in [1.807, 2.05) is 0 Å². The molecule has 2 heteroatoms. The minimum atomic E-state index is 0.124. The van der Waals surface area contributed by atoms with Crippen LogP contribution in [0.1, 0.15) is 59.1 Å². The van der Waals surface area contributed by atoms with E-state index in [-0.39, 0.29) is 11.0 Å². The first-order valence-corrected chi connectivity index (χ1v) is 7.14. The van der Waals surface area contributed by atoms with Crippen molar-refractivity contribution >= 4 is 5.84 Å². The Hall–Kier alpha value is -1.31. The summed E-state index contributed by atoms with van der Waals surface area (Å²) in [7, 11) is 0. The van der Waals surface area contributed by atoms with Crippen LogP contribution in [-0.2, 0) is 5.41 Å². The number of rotatable bonds is 1. The number of aliphatic imine (C=N–C) groups is 1. The van der Waals surface area contributed by atoms with Crippen molar-refractivity contribution < 1.29 is 0 Å². The lowest BCUT2D eigenvalue weighted by Gasteiger charge is -2.35. The second-order valence-electron chi connectivity index (χ2n) is 7.37. The van der Waals surface area contributed by atoms with Crippen LogP contribution in [0.5, 0.6) is 0 Å². The predicted octanol–water partition coefficient (Wildman–Crippen LogP) is 3.89. The smallest absolute Gasteiger partial charge is 0.128 e. The molecule has 0 unspecified atom stereocenters. The molecule has 1 N–H and O–H groups in total. The Morgan fingerprint density at radius 2 is 1.74 bits per heavy atom. The van der Waals surface area contributed by atoms with E-state index in [1.165, 1.54) is 11.1 Å². The molecule has 0 saturated heterocycles. The Bertz CT molecular complexity index is 475. The molecule has 1 aliphatic heterocycles. The quantitative estimate of drug-likeness (QED) is 0.812. The number of nitrogens with one attached hydrogen (secondary N) is 1. The van der Waals surface area contributed by atoms with Crippen LogP contribution in [-0.4, -0.2) is 17.4 Å². The maximum atomic E-state index is 4.75. The molecule has 1 heterocycles. The van der Waals surface area contributed by atoms with Crippen molar-refractivity contribution in [2.75, 3.05) is 0 Å². The molecule has 0 aromatic heterocycles. The number of benzene rings is 1. The number of amidine groups is 1. The SMILES string of the molecule is C[C@@H]1CC(C)(C)NC(c2ccc(C(C)(C)C)cc2)=N1. The Morgan fingerprint density at radius 1 is 1.16 bits per heavy atom. The Labute approximate surface area is 117 Å². The highest BCUT2D eigenvalue weighted by molar-refractivity contribution is 5.99. The summed E-state index contributed by atoms with van der Waals surface area (Å²) >= 11 is 0. The van der Waals surface area contributed by atoms with E-state index in [1.54, 1.807) is 0 Å². The average Bonchev–Trinajstić information content (AvgIpc) is 2.25. The van der Waals surface area contributed by atoms with E-state index in [9.17, 15) is 0 Å². The highest BCUT2D eigenvalue weighted by Crippen LogP contribution is 2.24. The minimum Gasteiger partial charge on any atom is -0.365 e. The lowest BCUT2D eigenvalue weighted by molar-refractivity contribution is 0.374. The molecule has 104 valence electrons. The molecule has 0 spiro atoms. The summed E-state index contributed by atoms with van der Waals surface area (Å²) in [5, 5.41) is 3.55. The third kappa shape index (κ3) is 3.37. The summed E-state index contributed by atoms with van der Waals surface area (Å²) in [6, 6.07) is 9.17. The molecule has 0 aliphatic carbocycles. The zero-order valence-corrected chi connectivity index (χ0v) is 13.0. The van der Waals surface area contributed by atoms with Crippen molar-refractivity contribution in [1.82, 2.24) is 5.32 Å². The van der Waals surface area contributed by atoms with Crippen molar-refractivity contribution in [2.45, 2.75) is 65.0 Å². The molecule has 2 rings (SSSR count). The highest BCUT2D eigenvalue weighted by Gasteiger charge is 2.27. The molecular weight excluding hydrogens is 232 g/mol. The van der Waals surface area contributed by atoms with Crippen molar-refractivity contribution in [3.63, 3.8) is 0 Å². The zero-order chi connectivity index (χ0) is 14.3. The van der Waals surface area contributed by atoms with E-state index in [0.29, 0.717) is 6.04 Å². The van der Waals surface area contributed by atoms with Crippen LogP contribution in [0.2, 0.25) is 0 Å². The average molecular weight is 258 g/mol. The van der Waals surface area contributed by atoms with Crippen LogP contribution in [0.3, 0.4) is 0 Å². The van der Waals surface area contributed by atoms with Gasteiger partial charge in [0.25, 0.3) is 0 Å². The Kier molecular flexibility index (Phi) is 3.46. The molecule has 0 radical (unpaired) electrons. The molecule has 1 aromatic rings. The second kappa shape index (κ2) is 4.66. The molecule has 1 aromatic carbocycles. The lowest BCUT2D eigenvalue weighted by Crippen LogP contribution is -2.49. The molecule has 0 saturated carbocycles. The van der Waals surface area contributed by atoms with Gasteiger partial charge < -0.3 is 5.32 Å². The van der Waals surface area contributed by atoms with Crippen LogP contribution in [0.25, 0.3) is 0 Å². The van der Waals surface area contributed by atoms with Gasteiger partial charge in [-0.1, -0.05) is 45.0 Å². The summed E-state index contributed by atoms with van der Waals surface area (Å²) in [5.41, 5.74) is 2.87. The van der Waals surface area contributed by atoms with E-state index in [2.05, 4.69) is 71.1 Å². The van der Waals surface area contributed by atoms with Crippen molar-refractivity contribution in [3.05, 3.63) is 35.4 Å². The maximum Gasteiger partial charge on any atom is 0.128 e. The molecule has 2 nitrogen and oxygen atoms in total. The van der Waals surface area contributed by atoms with Gasteiger partial charge in [0.05, 0.1) is 6.04 Å². The van der Waals surface area contributed by atoms with Gasteiger partial charge in [0.2, 0.25) is 0 Å². The fourth-order valence-electron chi connectivity index (χ4n) is 2.68. The zero-order valence-electron chi connectivity index (χ0n) is 13.0. The van der Waals surface area contributed by atoms with Crippen molar-refractivity contribution in [1.29, 1.82) is 0 Å². The topological polar surface area (TPSA) is 24.4 Å². The van der Waals surface area contributed by atoms with Crippen LogP contribution >= 0.6 is 0 Å². The summed E-state index contributed by atoms with van der Waals surface area (Å²) in [5.74, 6) is 1.03. The summed E-state index contributed by atoms with van der Waals surface area (Å²) in [6.45, 7) is 13.4. The summed E-state index contributed by atoms with van der Waals surface area (Å²) < 4.78 is 0. The van der Waals surface area contributed by atoms with E-state index >= 15 is 0 Å². The first-order chi connectivity index (χ1) is 8.67. The number of hydrogen-bond donors (Lipinski definition) is 1. The van der Waals surface area contributed by atoms with Gasteiger partial charge in [-0.05, 0) is 38.2 Å². The van der Waals surface area contributed by atoms with Gasteiger partial charge in [0.15, 0.2) is 0 Å². The first-order valence-electron chi connectivity index (χ1n) is 7.14. The van der Waals surface area contributed by atoms with Crippen LogP contribution in [0.15, 0.2) is 29.3 Å². The van der Waals surface area contributed by atoms with Gasteiger partial charge in [0.1, 0.15) is 5.84 Å². The molecule has 19 heavy (non-hydrogen) atoms. The molecule has 0 amide bonds. The van der Waals surface area contributed by atoms with Crippen LogP contribution in [0.4, 0.5) is 0 Å². The second-order valence-corrected chi connectivity index (χ2v) is 7.37. The normalized spacial score (nSPS) is 22.6. The van der Waals surface area contributed by atoms with Gasteiger partial charge in [-0.3, -0.25) is 4.99 Å². The maximum absolute atomic E-state index is 4.75. The van der Waals surface area contributed by atoms with Gasteiger partial charge >= 0.3 is 0 Å². The molecule has 0 fully saturated rings. The van der Waals surface area contributed by atoms with Crippen LogP contribution < -0.4 is 5.32 Å². The van der Waals surface area contributed by atoms with E-state index in [0.717, 1.165) is 12.3 Å². The fraction of sp³-hybridized carbons (Fsp3) is 0.588. The van der Waals surface area contributed by atoms with Crippen LogP contribution in [0, 0.1) is 0 Å². The minimum absolute atomic E-state index is 0.124. The first kappa shape index (κ1) is 14.1. The summed E-state index contributed by atoms with van der Waals surface area (Å²) in [6.07, 6.45) is 1.08. The largest absolute Gasteiger partial charge is 0.365 e. The van der Waals surface area contributed by atoms with E-state index in [4.69, 9.17) is 4.99 Å². The molecule has 0 bridgehead atoms. The molecule has 1 aliphatic rings. The summed E-state index contributed by atoms with van der Waals surface area (Å²) in [4.78, 5) is 4.75. The number of hydrogen-bond acceptors (Lipinski definition) is 2. The molecular formula is C17H26N2. The monoisotopic (exact) mass is 258 g/mol. The Balaban J connectivity index is 2.28. The van der Waals surface area contributed by atoms with E-state index < -0.39 is 0 Å². The standard InChI is InChI=1S/C17H26N2/c1-12-11-17(5,6)19-15(18-12)13-7-9-14(10-8-13)16(2,3)4/h7-10,12H,11H2,1-6H3,(H,18,19)/t12-/m1/s1. The van der Waals surface area contributed by atoms with Gasteiger partial charge in [-0.15, -0.1) is 0 Å². The van der Waals surface area contributed by atoms with Gasteiger partial charge in [-0.25, -0.2) is 0 Å². The third-order valence-electron chi connectivity index (χ3n) is 3.64.